The van der Waals surface area contributed by atoms with E-state index in [1.807, 2.05) is 55.5 Å². The lowest BCUT2D eigenvalue weighted by Crippen LogP contribution is -2.43. The van der Waals surface area contributed by atoms with Gasteiger partial charge in [0.2, 0.25) is 5.91 Å². The largest absolute Gasteiger partial charge is 0.489 e. The summed E-state index contributed by atoms with van der Waals surface area (Å²) in [5.74, 6) is -0.172. The number of hydrogen-bond acceptors (Lipinski definition) is 5. The zero-order valence-electron chi connectivity index (χ0n) is 19.1. The summed E-state index contributed by atoms with van der Waals surface area (Å²) in [5.41, 5.74) is 2.36. The van der Waals surface area contributed by atoms with E-state index in [1.165, 1.54) is 0 Å². The van der Waals surface area contributed by atoms with Crippen LogP contribution in [0.2, 0.25) is 0 Å². The molecule has 1 aromatic heterocycles. The molecule has 0 bridgehead atoms. The molecule has 1 fully saturated rings. The minimum absolute atomic E-state index is 0.264. The minimum atomic E-state index is -1.20. The number of carbonyl (C=O) groups is 3. The molecule has 8 heteroatoms. The summed E-state index contributed by atoms with van der Waals surface area (Å²) in [7, 11) is 0. The van der Waals surface area contributed by atoms with E-state index in [0.717, 1.165) is 21.6 Å². The van der Waals surface area contributed by atoms with Gasteiger partial charge < -0.3 is 15.4 Å². The van der Waals surface area contributed by atoms with Gasteiger partial charge in [0, 0.05) is 24.5 Å². The number of rotatable bonds is 8. The van der Waals surface area contributed by atoms with E-state index in [9.17, 15) is 14.4 Å². The fraction of sp³-hybridized carbons (Fsp3) is 0.231. The van der Waals surface area contributed by atoms with Gasteiger partial charge in [0.25, 0.3) is 5.91 Å². The van der Waals surface area contributed by atoms with Crippen molar-refractivity contribution in [2.75, 3.05) is 6.54 Å². The molecule has 2 aromatic carbocycles. The SMILES string of the molecule is Cc1ccc(C2(C)NC(=O)N(CC(=O)NCc3ccc(OCc4cccnc4)cc3)C2=O)cc1. The number of nitrogens with zero attached hydrogens (tertiary/aromatic N) is 2. The summed E-state index contributed by atoms with van der Waals surface area (Å²) in [6.45, 7) is 3.92. The second kappa shape index (κ2) is 9.74. The highest BCUT2D eigenvalue weighted by atomic mass is 16.5. The maximum atomic E-state index is 13.0. The Morgan fingerprint density at radius 3 is 2.47 bits per heavy atom. The van der Waals surface area contributed by atoms with Crippen molar-refractivity contribution in [3.8, 4) is 5.75 Å². The molecule has 2 heterocycles. The highest BCUT2D eigenvalue weighted by Gasteiger charge is 2.49. The summed E-state index contributed by atoms with van der Waals surface area (Å²) in [4.78, 5) is 42.9. The van der Waals surface area contributed by atoms with Crippen LogP contribution in [0.1, 0.15) is 29.2 Å². The van der Waals surface area contributed by atoms with E-state index >= 15 is 0 Å². The summed E-state index contributed by atoms with van der Waals surface area (Å²) < 4.78 is 5.73. The first-order valence-electron chi connectivity index (χ1n) is 10.9. The van der Waals surface area contributed by atoms with Crippen molar-refractivity contribution in [2.45, 2.75) is 32.5 Å². The predicted octanol–water partition coefficient (Wildman–Crippen LogP) is 3.05. The second-order valence-electron chi connectivity index (χ2n) is 8.38. The van der Waals surface area contributed by atoms with Crippen molar-refractivity contribution >= 4 is 17.8 Å². The van der Waals surface area contributed by atoms with Crippen LogP contribution < -0.4 is 15.4 Å². The van der Waals surface area contributed by atoms with Gasteiger partial charge in [-0.3, -0.25) is 19.5 Å². The number of urea groups is 1. The molecule has 1 unspecified atom stereocenters. The van der Waals surface area contributed by atoms with Crippen LogP contribution in [-0.2, 0) is 28.3 Å². The van der Waals surface area contributed by atoms with Crippen molar-refractivity contribution in [3.05, 3.63) is 95.3 Å². The zero-order chi connectivity index (χ0) is 24.1. The molecule has 0 saturated carbocycles. The molecule has 8 nitrogen and oxygen atoms in total. The Morgan fingerprint density at radius 2 is 1.79 bits per heavy atom. The third kappa shape index (κ3) is 5.06. The van der Waals surface area contributed by atoms with E-state index in [-0.39, 0.29) is 13.1 Å². The topological polar surface area (TPSA) is 101 Å². The Hall–Kier alpha value is -4.20. The summed E-state index contributed by atoms with van der Waals surface area (Å²) in [6.07, 6.45) is 3.46. The first kappa shape index (κ1) is 23.0. The van der Waals surface area contributed by atoms with Crippen molar-refractivity contribution in [2.24, 2.45) is 0 Å². The highest BCUT2D eigenvalue weighted by molar-refractivity contribution is 6.09. The number of carbonyl (C=O) groups excluding carboxylic acids is 3. The van der Waals surface area contributed by atoms with Gasteiger partial charge in [-0.1, -0.05) is 48.0 Å². The Labute approximate surface area is 198 Å². The molecule has 3 aromatic rings. The van der Waals surface area contributed by atoms with E-state index in [4.69, 9.17) is 4.74 Å². The number of ether oxygens (including phenoxy) is 1. The van der Waals surface area contributed by atoms with Gasteiger partial charge in [-0.15, -0.1) is 0 Å². The van der Waals surface area contributed by atoms with Crippen LogP contribution in [0.25, 0.3) is 0 Å². The van der Waals surface area contributed by atoms with Crippen LogP contribution in [0.15, 0.2) is 73.1 Å². The average Bonchev–Trinajstić information content (AvgIpc) is 3.07. The summed E-state index contributed by atoms with van der Waals surface area (Å²) in [6, 6.07) is 17.9. The second-order valence-corrected chi connectivity index (χ2v) is 8.38. The molecule has 1 aliphatic rings. The smallest absolute Gasteiger partial charge is 0.325 e. The van der Waals surface area contributed by atoms with Gasteiger partial charge in [0.05, 0.1) is 0 Å². The lowest BCUT2D eigenvalue weighted by atomic mass is 9.91. The highest BCUT2D eigenvalue weighted by Crippen LogP contribution is 2.28. The molecule has 1 saturated heterocycles. The van der Waals surface area contributed by atoms with E-state index in [2.05, 4.69) is 15.6 Å². The molecule has 1 atom stereocenters. The summed E-state index contributed by atoms with van der Waals surface area (Å²) >= 11 is 0. The number of amides is 4. The number of aromatic nitrogens is 1. The quantitative estimate of drug-likeness (QED) is 0.506. The predicted molar refractivity (Wildman–Crippen MR) is 126 cm³/mol. The Morgan fingerprint density at radius 1 is 1.06 bits per heavy atom. The molecule has 0 aliphatic carbocycles. The number of pyridine rings is 1. The zero-order valence-corrected chi connectivity index (χ0v) is 19.1. The first-order valence-corrected chi connectivity index (χ1v) is 10.9. The van der Waals surface area contributed by atoms with Crippen LogP contribution in [0, 0.1) is 6.92 Å². The normalized spacial score (nSPS) is 17.4. The lowest BCUT2D eigenvalue weighted by Gasteiger charge is -2.22. The maximum Gasteiger partial charge on any atom is 0.325 e. The van der Waals surface area contributed by atoms with Crippen molar-refractivity contribution < 1.29 is 19.1 Å². The van der Waals surface area contributed by atoms with Crippen LogP contribution in [0.4, 0.5) is 4.79 Å². The van der Waals surface area contributed by atoms with Gasteiger partial charge in [-0.25, -0.2) is 4.79 Å². The van der Waals surface area contributed by atoms with Gasteiger partial charge in [-0.2, -0.15) is 0 Å². The fourth-order valence-electron chi connectivity index (χ4n) is 3.68. The lowest BCUT2D eigenvalue weighted by molar-refractivity contribution is -0.134. The van der Waals surface area contributed by atoms with Gasteiger partial charge in [0.1, 0.15) is 24.4 Å². The Bertz CT molecular complexity index is 1180. The monoisotopic (exact) mass is 458 g/mol. The average molecular weight is 459 g/mol. The molecule has 0 spiro atoms. The van der Waals surface area contributed by atoms with Crippen LogP contribution >= 0.6 is 0 Å². The van der Waals surface area contributed by atoms with Crippen LogP contribution in [-0.4, -0.2) is 34.3 Å². The molecule has 1 aliphatic heterocycles. The summed E-state index contributed by atoms with van der Waals surface area (Å²) in [5, 5.41) is 5.47. The molecule has 2 N–H and O–H groups in total. The molecule has 34 heavy (non-hydrogen) atoms. The Kier molecular flexibility index (Phi) is 6.58. The van der Waals surface area contributed by atoms with Crippen LogP contribution in [0.5, 0.6) is 5.75 Å². The van der Waals surface area contributed by atoms with Gasteiger partial charge >= 0.3 is 6.03 Å². The Balaban J connectivity index is 1.29. The molecular weight excluding hydrogens is 432 g/mol. The minimum Gasteiger partial charge on any atom is -0.489 e. The third-order valence-corrected chi connectivity index (χ3v) is 5.75. The van der Waals surface area contributed by atoms with E-state index in [0.29, 0.717) is 17.9 Å². The first-order chi connectivity index (χ1) is 16.3. The number of imide groups is 1. The van der Waals surface area contributed by atoms with Crippen molar-refractivity contribution in [1.29, 1.82) is 0 Å². The van der Waals surface area contributed by atoms with E-state index in [1.54, 1.807) is 31.5 Å². The molecular formula is C26H26N4O4. The van der Waals surface area contributed by atoms with Crippen molar-refractivity contribution in [3.63, 3.8) is 0 Å². The van der Waals surface area contributed by atoms with Gasteiger partial charge in [-0.05, 0) is 43.2 Å². The molecule has 4 rings (SSSR count). The standard InChI is InChI=1S/C26H26N4O4/c1-18-5-9-21(10-6-18)26(2)24(32)30(25(33)29-26)16-23(31)28-15-19-7-11-22(12-8-19)34-17-20-4-3-13-27-14-20/h3-14H,15-17H2,1-2H3,(H,28,31)(H,29,33). The van der Waals surface area contributed by atoms with Gasteiger partial charge in [0.15, 0.2) is 0 Å². The molecule has 174 valence electrons. The molecule has 0 radical (unpaired) electrons. The number of benzene rings is 2. The third-order valence-electron chi connectivity index (χ3n) is 5.75. The van der Waals surface area contributed by atoms with E-state index < -0.39 is 23.4 Å². The fourth-order valence-corrected chi connectivity index (χ4v) is 3.68. The number of hydrogen-bond donors (Lipinski definition) is 2. The van der Waals surface area contributed by atoms with Crippen molar-refractivity contribution in [1.82, 2.24) is 20.5 Å². The number of aryl methyl sites for hydroxylation is 1. The maximum absolute atomic E-state index is 13.0. The number of nitrogens with one attached hydrogen (secondary N) is 2. The molecule has 4 amide bonds. The van der Waals surface area contributed by atoms with Crippen LogP contribution in [0.3, 0.4) is 0 Å².